The van der Waals surface area contributed by atoms with E-state index in [4.69, 9.17) is 11.6 Å². The highest BCUT2D eigenvalue weighted by Gasteiger charge is 2.22. The van der Waals surface area contributed by atoms with Gasteiger partial charge in [0.2, 0.25) is 5.91 Å². The number of hydrazine groups is 1. The van der Waals surface area contributed by atoms with Crippen LogP contribution in [0, 0.1) is 0 Å². The van der Waals surface area contributed by atoms with Crippen LogP contribution in [0.1, 0.15) is 0 Å². The van der Waals surface area contributed by atoms with Crippen molar-refractivity contribution in [1.29, 1.82) is 0 Å². The van der Waals surface area contributed by atoms with Gasteiger partial charge in [-0.25, -0.2) is 13.4 Å². The van der Waals surface area contributed by atoms with Gasteiger partial charge in [0.15, 0.2) is 5.13 Å². The maximum Gasteiger partial charge on any atom is 0.257 e. The molecule has 2 N–H and O–H groups in total. The maximum atomic E-state index is 12.2. The van der Waals surface area contributed by atoms with Gasteiger partial charge in [0.05, 0.1) is 21.7 Å². The number of carbonyl (C=O) groups is 1. The fourth-order valence-electron chi connectivity index (χ4n) is 3.13. The summed E-state index contributed by atoms with van der Waals surface area (Å²) in [6.45, 7) is 2.99. The molecular formula is C19H20ClN5O3S2. The summed E-state index contributed by atoms with van der Waals surface area (Å²) in [7, 11) is -3.84. The summed E-state index contributed by atoms with van der Waals surface area (Å²) < 4.78 is 25.6. The Hall–Kier alpha value is -2.24. The van der Waals surface area contributed by atoms with Crippen molar-refractivity contribution in [3.05, 3.63) is 53.6 Å². The fourth-order valence-corrected chi connectivity index (χ4v) is 5.14. The number of hydrogen-bond donors (Lipinski definition) is 2. The monoisotopic (exact) mass is 465 g/mol. The number of fused-ring (bicyclic) bond motifs is 1. The summed E-state index contributed by atoms with van der Waals surface area (Å²) in [6.07, 6.45) is 0. The largest absolute Gasteiger partial charge is 0.345 e. The van der Waals surface area contributed by atoms with Crippen molar-refractivity contribution in [3.8, 4) is 0 Å². The Morgan fingerprint density at radius 2 is 1.77 bits per heavy atom. The van der Waals surface area contributed by atoms with Crippen LogP contribution in [0.4, 0.5) is 5.13 Å². The molecule has 1 aromatic heterocycles. The predicted octanol–water partition coefficient (Wildman–Crippen LogP) is 2.08. The number of anilines is 1. The molecule has 2 heterocycles. The molecule has 1 fully saturated rings. The van der Waals surface area contributed by atoms with Crippen molar-refractivity contribution < 1.29 is 13.2 Å². The van der Waals surface area contributed by atoms with E-state index < -0.39 is 15.9 Å². The second-order valence-electron chi connectivity index (χ2n) is 6.83. The molecule has 11 heteroatoms. The lowest BCUT2D eigenvalue weighted by molar-refractivity contribution is -0.122. The number of rotatable bonds is 6. The minimum Gasteiger partial charge on any atom is -0.345 e. The predicted molar refractivity (Wildman–Crippen MR) is 118 cm³/mol. The third-order valence-electron chi connectivity index (χ3n) is 4.74. The van der Waals surface area contributed by atoms with Crippen LogP contribution < -0.4 is 15.2 Å². The highest BCUT2D eigenvalue weighted by Crippen LogP contribution is 2.29. The smallest absolute Gasteiger partial charge is 0.257 e. The molecule has 1 amide bonds. The Morgan fingerprint density at radius 1 is 1.07 bits per heavy atom. The van der Waals surface area contributed by atoms with E-state index in [1.165, 1.54) is 24.3 Å². The van der Waals surface area contributed by atoms with Crippen molar-refractivity contribution in [3.63, 3.8) is 0 Å². The number of nitrogens with one attached hydrogen (secondary N) is 2. The second-order valence-corrected chi connectivity index (χ2v) is 9.96. The van der Waals surface area contributed by atoms with E-state index in [2.05, 4.69) is 26.2 Å². The number of nitrogens with zero attached hydrogens (tertiary/aromatic N) is 3. The van der Waals surface area contributed by atoms with Crippen LogP contribution in [0.25, 0.3) is 10.2 Å². The van der Waals surface area contributed by atoms with Gasteiger partial charge < -0.3 is 4.90 Å². The normalized spacial score (nSPS) is 15.4. The molecule has 1 aliphatic heterocycles. The first-order valence-electron chi connectivity index (χ1n) is 9.30. The van der Waals surface area contributed by atoms with Gasteiger partial charge in [-0.05, 0) is 36.4 Å². The van der Waals surface area contributed by atoms with E-state index in [1.807, 2.05) is 23.1 Å². The fraction of sp³-hybridized carbons (Fsp3) is 0.263. The van der Waals surface area contributed by atoms with E-state index >= 15 is 0 Å². The Morgan fingerprint density at radius 3 is 2.47 bits per heavy atom. The van der Waals surface area contributed by atoms with Gasteiger partial charge >= 0.3 is 0 Å². The van der Waals surface area contributed by atoms with Crippen molar-refractivity contribution >= 4 is 54.2 Å². The highest BCUT2D eigenvalue weighted by atomic mass is 35.5. The van der Waals surface area contributed by atoms with Gasteiger partial charge in [-0.3, -0.25) is 15.1 Å². The lowest BCUT2D eigenvalue weighted by atomic mass is 10.3. The van der Waals surface area contributed by atoms with Crippen LogP contribution in [0.15, 0.2) is 53.4 Å². The number of aromatic nitrogens is 1. The van der Waals surface area contributed by atoms with E-state index in [0.717, 1.165) is 28.4 Å². The summed E-state index contributed by atoms with van der Waals surface area (Å²) in [5.74, 6) is -0.416. The molecule has 8 nitrogen and oxygen atoms in total. The molecule has 4 rings (SSSR count). The van der Waals surface area contributed by atoms with Gasteiger partial charge in [0.25, 0.3) is 10.0 Å². The molecule has 2 aromatic carbocycles. The molecule has 0 unspecified atom stereocenters. The average molecular weight is 466 g/mol. The van der Waals surface area contributed by atoms with Crippen molar-refractivity contribution in [2.75, 3.05) is 37.6 Å². The molecule has 3 aromatic rings. The zero-order chi connectivity index (χ0) is 21.1. The number of amides is 1. The standard InChI is InChI=1S/C19H20ClN5O3S2/c20-14-5-7-15(8-6-14)30(27,28)23-22-18(26)13-24-9-11-25(12-10-24)19-21-16-3-1-2-4-17(16)29-19/h1-8,23H,9-13H2,(H,22,26). The van der Waals surface area contributed by atoms with Crippen LogP contribution in [0.3, 0.4) is 0 Å². The summed E-state index contributed by atoms with van der Waals surface area (Å²) in [6, 6.07) is 13.7. The maximum absolute atomic E-state index is 12.2. The number of benzene rings is 2. The Balaban J connectivity index is 1.26. The third kappa shape index (κ3) is 4.90. The first kappa shape index (κ1) is 21.0. The van der Waals surface area contributed by atoms with Crippen LogP contribution >= 0.6 is 22.9 Å². The highest BCUT2D eigenvalue weighted by molar-refractivity contribution is 7.89. The lowest BCUT2D eigenvalue weighted by Gasteiger charge is -2.34. The summed E-state index contributed by atoms with van der Waals surface area (Å²) >= 11 is 7.43. The van der Waals surface area contributed by atoms with Crippen molar-refractivity contribution in [2.24, 2.45) is 0 Å². The quantitative estimate of drug-likeness (QED) is 0.541. The summed E-state index contributed by atoms with van der Waals surface area (Å²) in [5, 5.41) is 1.42. The molecule has 158 valence electrons. The summed E-state index contributed by atoms with van der Waals surface area (Å²) in [4.78, 5) is 23.2. The van der Waals surface area contributed by atoms with Gasteiger partial charge in [-0.15, -0.1) is 4.83 Å². The minimum absolute atomic E-state index is 0.0247. The number of halogens is 1. The van der Waals surface area contributed by atoms with Crippen LogP contribution in [0.5, 0.6) is 0 Å². The number of thiazole rings is 1. The molecule has 0 saturated carbocycles. The first-order valence-corrected chi connectivity index (χ1v) is 12.0. The molecular weight excluding hydrogens is 446 g/mol. The third-order valence-corrected chi connectivity index (χ3v) is 7.35. The number of para-hydroxylation sites is 1. The van der Waals surface area contributed by atoms with Crippen LogP contribution in [-0.4, -0.2) is 56.9 Å². The van der Waals surface area contributed by atoms with Crippen LogP contribution in [-0.2, 0) is 14.8 Å². The van der Waals surface area contributed by atoms with E-state index in [9.17, 15) is 13.2 Å². The molecule has 0 atom stereocenters. The van der Waals surface area contributed by atoms with Crippen molar-refractivity contribution in [2.45, 2.75) is 4.90 Å². The topological polar surface area (TPSA) is 94.6 Å². The van der Waals surface area contributed by atoms with E-state index in [-0.39, 0.29) is 11.4 Å². The van der Waals surface area contributed by atoms with Gasteiger partial charge in [0.1, 0.15) is 0 Å². The minimum atomic E-state index is -3.84. The molecule has 0 aliphatic carbocycles. The first-order chi connectivity index (χ1) is 14.4. The number of hydrogen-bond acceptors (Lipinski definition) is 7. The second kappa shape index (κ2) is 8.86. The molecule has 0 bridgehead atoms. The number of sulfonamides is 1. The SMILES string of the molecule is O=C(CN1CCN(c2nc3ccccc3s2)CC1)NNS(=O)(=O)c1ccc(Cl)cc1. The number of carbonyl (C=O) groups excluding carboxylic acids is 1. The summed E-state index contributed by atoms with van der Waals surface area (Å²) in [5.41, 5.74) is 3.26. The van der Waals surface area contributed by atoms with E-state index in [1.54, 1.807) is 11.3 Å². The zero-order valence-corrected chi connectivity index (χ0v) is 18.3. The Labute approximate surface area is 183 Å². The Kier molecular flexibility index (Phi) is 6.21. The van der Waals surface area contributed by atoms with Crippen molar-refractivity contribution in [1.82, 2.24) is 20.1 Å². The zero-order valence-electron chi connectivity index (χ0n) is 15.9. The molecule has 1 aliphatic rings. The van der Waals surface area contributed by atoms with Gasteiger partial charge in [-0.1, -0.05) is 35.1 Å². The molecule has 0 spiro atoms. The molecule has 0 radical (unpaired) electrons. The van der Waals surface area contributed by atoms with Gasteiger partial charge in [-0.2, -0.15) is 0 Å². The lowest BCUT2D eigenvalue weighted by Crippen LogP contribution is -2.51. The van der Waals surface area contributed by atoms with E-state index in [0.29, 0.717) is 18.1 Å². The average Bonchev–Trinajstić information content (AvgIpc) is 3.17. The molecule has 1 saturated heterocycles. The Bertz CT molecular complexity index is 1110. The number of piperazine rings is 1. The molecule has 30 heavy (non-hydrogen) atoms. The van der Waals surface area contributed by atoms with Gasteiger partial charge in [0, 0.05) is 31.2 Å². The van der Waals surface area contributed by atoms with Crippen LogP contribution in [0.2, 0.25) is 5.02 Å².